The van der Waals surface area contributed by atoms with Crippen LogP contribution in [0, 0.1) is 0 Å². The Balaban J connectivity index is 1.98. The van der Waals surface area contributed by atoms with E-state index in [0.29, 0.717) is 6.17 Å². The highest BCUT2D eigenvalue weighted by atomic mass is 15.3. The van der Waals surface area contributed by atoms with E-state index in [1.54, 1.807) is 0 Å². The van der Waals surface area contributed by atoms with Crippen LogP contribution in [0.3, 0.4) is 0 Å². The van der Waals surface area contributed by atoms with Crippen molar-refractivity contribution in [2.45, 2.75) is 39.9 Å². The third-order valence-electron chi connectivity index (χ3n) is 6.31. The van der Waals surface area contributed by atoms with E-state index in [1.165, 1.54) is 22.3 Å². The minimum atomic E-state index is 0.245. The van der Waals surface area contributed by atoms with Gasteiger partial charge < -0.3 is 15.5 Å². The molecule has 2 unspecified atom stereocenters. The molecule has 2 aliphatic heterocycles. The second-order valence-electron chi connectivity index (χ2n) is 8.46. The van der Waals surface area contributed by atoms with Gasteiger partial charge in [0.2, 0.25) is 0 Å². The van der Waals surface area contributed by atoms with Gasteiger partial charge >= 0.3 is 0 Å². The Bertz CT molecular complexity index is 871. The number of rotatable bonds is 8. The monoisotopic (exact) mass is 418 g/mol. The fraction of sp³-hybridized carbons (Fsp3) is 0.407. The first-order chi connectivity index (χ1) is 15.0. The van der Waals surface area contributed by atoms with E-state index in [1.807, 2.05) is 13.1 Å². The van der Waals surface area contributed by atoms with E-state index < -0.39 is 0 Å². The molecule has 31 heavy (non-hydrogen) atoms. The van der Waals surface area contributed by atoms with E-state index in [4.69, 9.17) is 0 Å². The molecular weight excluding hydrogens is 380 g/mol. The standard InChI is InChI=1S/C27H38N4/c1-6-7-8-11-21(2)23(4)27(30-17-14-28-15-18-30)26-13-10-9-12-25(26)22(3)20-31-19-16-29-24(31)5/h6-13,16,19,24,27-29H,3,14-15,17-18,20H2,1-2,4-5H3/b7-6-,11-8-,23-21+. The highest BCUT2D eigenvalue weighted by Gasteiger charge is 2.27. The van der Waals surface area contributed by atoms with E-state index in [0.717, 1.165) is 38.3 Å². The Kier molecular flexibility index (Phi) is 8.33. The molecule has 166 valence electrons. The Hall–Kier alpha value is -2.56. The molecule has 1 aromatic carbocycles. The minimum absolute atomic E-state index is 0.245. The number of benzene rings is 1. The zero-order valence-electron chi connectivity index (χ0n) is 19.6. The van der Waals surface area contributed by atoms with Crippen molar-refractivity contribution in [3.8, 4) is 0 Å². The topological polar surface area (TPSA) is 30.5 Å². The maximum absolute atomic E-state index is 4.50. The maximum Gasteiger partial charge on any atom is 0.0955 e. The van der Waals surface area contributed by atoms with E-state index in [2.05, 4.69) is 103 Å². The molecule has 0 spiro atoms. The zero-order chi connectivity index (χ0) is 22.2. The van der Waals surface area contributed by atoms with Gasteiger partial charge in [0.05, 0.1) is 12.2 Å². The first-order valence-electron chi connectivity index (χ1n) is 11.4. The second-order valence-corrected chi connectivity index (χ2v) is 8.46. The van der Waals surface area contributed by atoms with Gasteiger partial charge in [0, 0.05) is 45.1 Å². The number of hydrogen-bond acceptors (Lipinski definition) is 4. The first kappa shape index (κ1) is 23.1. The minimum Gasteiger partial charge on any atom is -0.370 e. The summed E-state index contributed by atoms with van der Waals surface area (Å²) in [5, 5.41) is 6.84. The van der Waals surface area contributed by atoms with Crippen molar-refractivity contribution in [3.05, 3.63) is 89.8 Å². The molecule has 0 radical (unpaired) electrons. The van der Waals surface area contributed by atoms with Gasteiger partial charge in [-0.15, -0.1) is 0 Å². The molecule has 1 saturated heterocycles. The highest BCUT2D eigenvalue weighted by molar-refractivity contribution is 5.69. The molecule has 0 amide bonds. The van der Waals surface area contributed by atoms with E-state index in [-0.39, 0.29) is 6.04 Å². The van der Waals surface area contributed by atoms with Crippen LogP contribution in [0.5, 0.6) is 0 Å². The molecule has 4 heteroatoms. The number of nitrogens with zero attached hydrogens (tertiary/aromatic N) is 2. The Morgan fingerprint density at radius 2 is 1.94 bits per heavy atom. The molecule has 0 saturated carbocycles. The predicted octanol–water partition coefficient (Wildman–Crippen LogP) is 4.84. The smallest absolute Gasteiger partial charge is 0.0955 e. The summed E-state index contributed by atoms with van der Waals surface area (Å²) in [6.07, 6.45) is 12.9. The van der Waals surface area contributed by atoms with Crippen molar-refractivity contribution in [1.82, 2.24) is 20.4 Å². The summed E-state index contributed by atoms with van der Waals surface area (Å²) in [4.78, 5) is 4.91. The van der Waals surface area contributed by atoms with Crippen molar-refractivity contribution in [3.63, 3.8) is 0 Å². The van der Waals surface area contributed by atoms with Crippen LogP contribution in [0.1, 0.15) is 44.9 Å². The summed E-state index contributed by atoms with van der Waals surface area (Å²) in [6, 6.07) is 9.08. The lowest BCUT2D eigenvalue weighted by Crippen LogP contribution is -2.45. The summed E-state index contributed by atoms with van der Waals surface area (Å²) in [5.41, 5.74) is 6.50. The Morgan fingerprint density at radius 1 is 1.19 bits per heavy atom. The number of piperazine rings is 1. The molecule has 3 rings (SSSR count). The van der Waals surface area contributed by atoms with Crippen molar-refractivity contribution >= 4 is 5.57 Å². The molecule has 2 N–H and O–H groups in total. The maximum atomic E-state index is 4.50. The van der Waals surface area contributed by atoms with Gasteiger partial charge in [-0.3, -0.25) is 4.90 Å². The molecule has 0 bridgehead atoms. The van der Waals surface area contributed by atoms with Gasteiger partial charge in [-0.1, -0.05) is 60.7 Å². The van der Waals surface area contributed by atoms with Crippen molar-refractivity contribution in [1.29, 1.82) is 0 Å². The average molecular weight is 419 g/mol. The van der Waals surface area contributed by atoms with Crippen LogP contribution < -0.4 is 10.6 Å². The van der Waals surface area contributed by atoms with Gasteiger partial charge in [-0.05, 0) is 50.0 Å². The molecule has 1 aromatic rings. The van der Waals surface area contributed by atoms with Crippen LogP contribution >= 0.6 is 0 Å². The number of nitrogens with one attached hydrogen (secondary N) is 2. The largest absolute Gasteiger partial charge is 0.370 e. The van der Waals surface area contributed by atoms with Crippen LogP contribution in [0.25, 0.3) is 5.57 Å². The summed E-state index contributed by atoms with van der Waals surface area (Å²) in [5.74, 6) is 0. The lowest BCUT2D eigenvalue weighted by atomic mass is 9.88. The van der Waals surface area contributed by atoms with Gasteiger partial charge in [0.15, 0.2) is 0 Å². The Morgan fingerprint density at radius 3 is 2.61 bits per heavy atom. The first-order valence-corrected chi connectivity index (χ1v) is 11.4. The van der Waals surface area contributed by atoms with Crippen LogP contribution in [-0.4, -0.2) is 48.7 Å². The molecule has 0 aromatic heterocycles. The quantitative estimate of drug-likeness (QED) is 0.592. The molecular formula is C27H38N4. The fourth-order valence-electron chi connectivity index (χ4n) is 4.36. The molecule has 4 nitrogen and oxygen atoms in total. The summed E-state index contributed by atoms with van der Waals surface area (Å²) < 4.78 is 0. The third kappa shape index (κ3) is 5.78. The number of hydrogen-bond donors (Lipinski definition) is 2. The van der Waals surface area contributed by atoms with Crippen LogP contribution in [-0.2, 0) is 0 Å². The van der Waals surface area contributed by atoms with Gasteiger partial charge in [-0.25, -0.2) is 0 Å². The lowest BCUT2D eigenvalue weighted by Gasteiger charge is -2.38. The average Bonchev–Trinajstić information content (AvgIpc) is 3.19. The lowest BCUT2D eigenvalue weighted by molar-refractivity contribution is 0.195. The predicted molar refractivity (Wildman–Crippen MR) is 133 cm³/mol. The van der Waals surface area contributed by atoms with Gasteiger partial charge in [0.25, 0.3) is 0 Å². The van der Waals surface area contributed by atoms with Crippen molar-refractivity contribution in [2.24, 2.45) is 0 Å². The summed E-state index contributed by atoms with van der Waals surface area (Å²) in [7, 11) is 0. The Labute approximate surface area is 188 Å². The SMILES string of the molecule is C=C(CN1C=CNC1C)c1ccccc1C(/C(C)=C(C)/C=C\C=C/C)N1CCNCC1. The molecule has 1 fully saturated rings. The normalized spacial score (nSPS) is 21.5. The zero-order valence-corrected chi connectivity index (χ0v) is 19.6. The van der Waals surface area contributed by atoms with Gasteiger partial charge in [-0.2, -0.15) is 0 Å². The highest BCUT2D eigenvalue weighted by Crippen LogP contribution is 2.35. The summed E-state index contributed by atoms with van der Waals surface area (Å²) >= 11 is 0. The molecule has 0 aliphatic carbocycles. The van der Waals surface area contributed by atoms with Crippen LogP contribution in [0.4, 0.5) is 0 Å². The van der Waals surface area contributed by atoms with Crippen LogP contribution in [0.15, 0.2) is 78.7 Å². The fourth-order valence-corrected chi connectivity index (χ4v) is 4.36. The molecule has 2 aliphatic rings. The molecule has 2 heterocycles. The van der Waals surface area contributed by atoms with Gasteiger partial charge in [0.1, 0.15) is 0 Å². The van der Waals surface area contributed by atoms with Crippen molar-refractivity contribution in [2.75, 3.05) is 32.7 Å². The third-order valence-corrected chi connectivity index (χ3v) is 6.31. The summed E-state index contributed by atoms with van der Waals surface area (Å²) in [6.45, 7) is 18.2. The van der Waals surface area contributed by atoms with Crippen LogP contribution in [0.2, 0.25) is 0 Å². The molecule has 2 atom stereocenters. The number of allylic oxidation sites excluding steroid dienone is 5. The van der Waals surface area contributed by atoms with E-state index in [9.17, 15) is 0 Å². The van der Waals surface area contributed by atoms with Crippen molar-refractivity contribution < 1.29 is 0 Å². The van der Waals surface area contributed by atoms with E-state index >= 15 is 0 Å². The second kappa shape index (κ2) is 11.2.